The van der Waals surface area contributed by atoms with E-state index in [0.717, 1.165) is 19.3 Å². The Kier molecular flexibility index (Phi) is 11.4. The van der Waals surface area contributed by atoms with E-state index in [0.29, 0.717) is 58.3 Å². The molecule has 0 aliphatic rings. The summed E-state index contributed by atoms with van der Waals surface area (Å²) in [7, 11) is 1.55. The fourth-order valence-corrected chi connectivity index (χ4v) is 5.09. The highest BCUT2D eigenvalue weighted by atomic mass is 35.5. The van der Waals surface area contributed by atoms with E-state index < -0.39 is 23.1 Å². The van der Waals surface area contributed by atoms with Crippen molar-refractivity contribution >= 4 is 40.0 Å². The minimum atomic E-state index is -0.721. The Balaban J connectivity index is 1.24. The molecule has 12 nitrogen and oxygen atoms in total. The zero-order chi connectivity index (χ0) is 34.9. The summed E-state index contributed by atoms with van der Waals surface area (Å²) in [4.78, 5) is 41.5. The maximum absolute atomic E-state index is 13.7. The quantitative estimate of drug-likeness (QED) is 0.0651. The van der Waals surface area contributed by atoms with Crippen LogP contribution in [0.1, 0.15) is 48.2 Å². The van der Waals surface area contributed by atoms with Crippen molar-refractivity contribution in [3.8, 4) is 28.7 Å². The first-order valence-corrected chi connectivity index (χ1v) is 15.7. The summed E-state index contributed by atoms with van der Waals surface area (Å²) in [5.41, 5.74) is 2.42. The van der Waals surface area contributed by atoms with Crippen LogP contribution in [0.3, 0.4) is 0 Å². The topological polar surface area (TPSA) is 154 Å². The number of ether oxygens (including phenoxy) is 3. The second-order valence-electron chi connectivity index (χ2n) is 11.0. The van der Waals surface area contributed by atoms with Crippen LogP contribution in [0.25, 0.3) is 16.6 Å². The van der Waals surface area contributed by atoms with Gasteiger partial charge >= 0.3 is 0 Å². The second-order valence-corrected chi connectivity index (χ2v) is 11.4. The number of hydrogen-bond donors (Lipinski definition) is 3. The molecule has 0 saturated carbocycles. The third-order valence-electron chi connectivity index (χ3n) is 7.49. The first-order valence-electron chi connectivity index (χ1n) is 15.3. The molecule has 14 heteroatoms. The molecular weight excluding hydrogens is 657 g/mol. The predicted octanol–water partition coefficient (Wildman–Crippen LogP) is 6.77. The summed E-state index contributed by atoms with van der Waals surface area (Å²) in [6.45, 7) is 2.00. The molecule has 0 bridgehead atoms. The molecule has 254 valence electrons. The lowest BCUT2D eigenvalue weighted by Gasteiger charge is -2.14. The van der Waals surface area contributed by atoms with Crippen LogP contribution in [0.5, 0.6) is 23.0 Å². The highest BCUT2D eigenvalue weighted by Gasteiger charge is 2.17. The molecule has 0 unspecified atom stereocenters. The van der Waals surface area contributed by atoms with E-state index >= 15 is 0 Å². The van der Waals surface area contributed by atoms with Crippen LogP contribution >= 0.6 is 11.6 Å². The Labute approximate surface area is 285 Å². The highest BCUT2D eigenvalue weighted by Crippen LogP contribution is 2.37. The molecule has 0 aliphatic carbocycles. The number of pyridine rings is 1. The van der Waals surface area contributed by atoms with Gasteiger partial charge in [-0.1, -0.05) is 24.4 Å². The maximum Gasteiger partial charge on any atom is 0.280 e. The number of benzene rings is 3. The third kappa shape index (κ3) is 8.69. The molecule has 2 amide bonds. The normalized spacial score (nSPS) is 10.9. The number of anilines is 1. The summed E-state index contributed by atoms with van der Waals surface area (Å²) in [5, 5.41) is 16.0. The molecule has 5 rings (SSSR count). The van der Waals surface area contributed by atoms with Gasteiger partial charge in [0, 0.05) is 41.5 Å². The zero-order valence-corrected chi connectivity index (χ0v) is 27.4. The molecule has 0 spiro atoms. The summed E-state index contributed by atoms with van der Waals surface area (Å²) < 4.78 is 32.7. The molecular formula is C35H33ClFN5O7. The van der Waals surface area contributed by atoms with Crippen LogP contribution < -0.4 is 30.4 Å². The largest absolute Gasteiger partial charge is 0.493 e. The summed E-state index contributed by atoms with van der Waals surface area (Å²) in [6.07, 6.45) is 6.49. The minimum absolute atomic E-state index is 0.120. The number of unbranched alkanes of at least 4 members (excludes halogenated alkanes) is 3. The van der Waals surface area contributed by atoms with Crippen LogP contribution in [0, 0.1) is 12.7 Å². The van der Waals surface area contributed by atoms with E-state index in [1.807, 2.05) is 0 Å². The SMILES string of the molecule is COc1cc2c(Oc3ccc(NC(=O)c4nn(-c5ccc(F)c(Cl)c5)cc(C)c4=O)cc3)ccnc2cc1OCCCCCCC(=O)NO. The molecule has 5 aromatic rings. The number of rotatable bonds is 14. The fourth-order valence-electron chi connectivity index (χ4n) is 4.91. The Morgan fingerprint density at radius 2 is 1.76 bits per heavy atom. The van der Waals surface area contributed by atoms with Gasteiger partial charge in [0.15, 0.2) is 17.2 Å². The molecule has 0 atom stereocenters. The lowest BCUT2D eigenvalue weighted by molar-refractivity contribution is -0.129. The number of carbonyl (C=O) groups is 2. The summed E-state index contributed by atoms with van der Waals surface area (Å²) in [6, 6.07) is 15.8. The van der Waals surface area contributed by atoms with Crippen molar-refractivity contribution in [3.63, 3.8) is 0 Å². The first-order chi connectivity index (χ1) is 23.7. The van der Waals surface area contributed by atoms with Crippen molar-refractivity contribution in [1.29, 1.82) is 0 Å². The first kappa shape index (κ1) is 34.8. The number of hydroxylamine groups is 1. The van der Waals surface area contributed by atoms with E-state index in [4.69, 9.17) is 31.0 Å². The summed E-state index contributed by atoms with van der Waals surface area (Å²) >= 11 is 5.91. The molecule has 0 radical (unpaired) electrons. The van der Waals surface area contributed by atoms with E-state index in [9.17, 15) is 18.8 Å². The number of nitrogens with zero attached hydrogens (tertiary/aromatic N) is 3. The van der Waals surface area contributed by atoms with Gasteiger partial charge in [0.2, 0.25) is 11.3 Å². The van der Waals surface area contributed by atoms with E-state index in [1.54, 1.807) is 68.2 Å². The number of methoxy groups -OCH3 is 1. The van der Waals surface area contributed by atoms with Gasteiger partial charge in [0.25, 0.3) is 5.91 Å². The number of nitrogens with one attached hydrogen (secondary N) is 2. The number of amides is 2. The molecule has 49 heavy (non-hydrogen) atoms. The fraction of sp³-hybridized carbons (Fsp3) is 0.229. The maximum atomic E-state index is 13.7. The van der Waals surface area contributed by atoms with Crippen LogP contribution in [0.2, 0.25) is 5.02 Å². The number of halogens is 2. The Hall–Kier alpha value is -5.53. The Morgan fingerprint density at radius 1 is 0.980 bits per heavy atom. The monoisotopic (exact) mass is 689 g/mol. The van der Waals surface area contributed by atoms with Gasteiger partial charge in [0.1, 0.15) is 17.3 Å². The van der Waals surface area contributed by atoms with Crippen molar-refractivity contribution in [3.05, 3.63) is 105 Å². The third-order valence-corrected chi connectivity index (χ3v) is 7.78. The second kappa shape index (κ2) is 16.0. The van der Waals surface area contributed by atoms with Crippen LogP contribution in [-0.4, -0.2) is 45.5 Å². The lowest BCUT2D eigenvalue weighted by atomic mass is 10.1. The van der Waals surface area contributed by atoms with Gasteiger partial charge in [-0.25, -0.2) is 14.6 Å². The smallest absolute Gasteiger partial charge is 0.280 e. The average molecular weight is 690 g/mol. The average Bonchev–Trinajstić information content (AvgIpc) is 3.10. The molecule has 2 heterocycles. The molecule has 3 N–H and O–H groups in total. The van der Waals surface area contributed by atoms with Crippen LogP contribution in [0.4, 0.5) is 10.1 Å². The van der Waals surface area contributed by atoms with Gasteiger partial charge in [-0.2, -0.15) is 5.10 Å². The predicted molar refractivity (Wildman–Crippen MR) is 181 cm³/mol. The van der Waals surface area contributed by atoms with Gasteiger partial charge in [0.05, 0.1) is 29.9 Å². The van der Waals surface area contributed by atoms with Gasteiger partial charge < -0.3 is 19.5 Å². The number of aryl methyl sites for hydroxylation is 1. The summed E-state index contributed by atoms with van der Waals surface area (Å²) in [5.74, 6) is 0.326. The lowest BCUT2D eigenvalue weighted by Crippen LogP contribution is -2.27. The number of hydrogen-bond acceptors (Lipinski definition) is 9. The Morgan fingerprint density at radius 3 is 2.49 bits per heavy atom. The van der Waals surface area contributed by atoms with Crippen molar-refractivity contribution in [1.82, 2.24) is 20.2 Å². The van der Waals surface area contributed by atoms with Crippen LogP contribution in [-0.2, 0) is 4.79 Å². The zero-order valence-electron chi connectivity index (χ0n) is 26.7. The van der Waals surface area contributed by atoms with Crippen molar-refractivity contribution < 1.29 is 33.4 Å². The minimum Gasteiger partial charge on any atom is -0.493 e. The van der Waals surface area contributed by atoms with E-state index in [-0.39, 0.29) is 22.7 Å². The van der Waals surface area contributed by atoms with Crippen molar-refractivity contribution in [2.24, 2.45) is 0 Å². The standard InChI is InChI=1S/C35H33ClFN5O7/c1-21-20-42(23-10-13-27(37)26(36)17-23)40-33(34(21)44)35(45)39-22-8-11-24(12-9-22)49-29-14-15-38-28-19-31(30(47-2)18-25(28)29)48-16-6-4-3-5-7-32(43)41-46/h8-15,17-20,46H,3-7,16H2,1-2H3,(H,39,45)(H,41,43). The van der Waals surface area contributed by atoms with Crippen LogP contribution in [0.15, 0.2) is 77.9 Å². The number of aromatic nitrogens is 3. The number of carbonyl (C=O) groups excluding carboxylic acids is 2. The number of fused-ring (bicyclic) bond motifs is 1. The highest BCUT2D eigenvalue weighted by molar-refractivity contribution is 6.30. The molecule has 0 aliphatic heterocycles. The molecule has 0 fully saturated rings. The molecule has 2 aromatic heterocycles. The van der Waals surface area contributed by atoms with E-state index in [1.165, 1.54) is 29.1 Å². The Bertz CT molecular complexity index is 2040. The molecule has 3 aromatic carbocycles. The van der Waals surface area contributed by atoms with Crippen molar-refractivity contribution in [2.45, 2.75) is 39.0 Å². The van der Waals surface area contributed by atoms with Crippen molar-refractivity contribution in [2.75, 3.05) is 19.0 Å². The van der Waals surface area contributed by atoms with Gasteiger partial charge in [-0.3, -0.25) is 24.6 Å². The van der Waals surface area contributed by atoms with E-state index in [2.05, 4.69) is 15.4 Å². The van der Waals surface area contributed by atoms with Gasteiger partial charge in [-0.05, 0) is 74.4 Å². The van der Waals surface area contributed by atoms with Gasteiger partial charge in [-0.15, -0.1) is 0 Å². The molecule has 0 saturated heterocycles.